The number of aromatic nitrogens is 2. The van der Waals surface area contributed by atoms with Crippen LogP contribution >= 0.6 is 15.9 Å². The number of β-amino-alcohol motifs (C(OH)–C–C–N with tert-alkyl or cyclic N) is 1. The molecule has 1 aliphatic heterocycles. The Labute approximate surface area is 186 Å². The van der Waals surface area contributed by atoms with Crippen molar-refractivity contribution in [2.45, 2.75) is 51.0 Å². The molecule has 1 aliphatic rings. The number of halogens is 2. The van der Waals surface area contributed by atoms with Crippen LogP contribution in [0.25, 0.3) is 10.9 Å². The molecule has 0 amide bonds. The van der Waals surface area contributed by atoms with Gasteiger partial charge in [-0.2, -0.15) is 9.97 Å². The molecule has 1 aromatic carbocycles. The number of fused-ring (bicyclic) bond motifs is 1. The van der Waals surface area contributed by atoms with Gasteiger partial charge in [0.15, 0.2) is 5.82 Å². The lowest BCUT2D eigenvalue weighted by atomic mass is 9.95. The number of hydrogen-bond acceptors (Lipinski definition) is 6. The zero-order valence-corrected chi connectivity index (χ0v) is 19.7. The van der Waals surface area contributed by atoms with Crippen molar-refractivity contribution in [2.24, 2.45) is 0 Å². The molecular weight excluding hydrogens is 451 g/mol. The van der Waals surface area contributed by atoms with Gasteiger partial charge >= 0.3 is 6.01 Å². The van der Waals surface area contributed by atoms with Crippen LogP contribution in [0.5, 0.6) is 6.01 Å². The van der Waals surface area contributed by atoms with E-state index in [9.17, 15) is 9.50 Å². The number of rotatable bonds is 9. The number of unbranched alkanes of at least 4 members (excludes halogenated alkanes) is 3. The summed E-state index contributed by atoms with van der Waals surface area (Å²) < 4.78 is 21.0. The van der Waals surface area contributed by atoms with Gasteiger partial charge in [-0.1, -0.05) is 12.8 Å². The highest BCUT2D eigenvalue weighted by Crippen LogP contribution is 2.34. The van der Waals surface area contributed by atoms with Crippen molar-refractivity contribution in [1.82, 2.24) is 14.9 Å². The van der Waals surface area contributed by atoms with Gasteiger partial charge in [0.05, 0.1) is 16.7 Å². The number of ether oxygens (including phenoxy) is 1. The summed E-state index contributed by atoms with van der Waals surface area (Å²) >= 11 is 3.24. The van der Waals surface area contributed by atoms with Gasteiger partial charge in [-0.3, -0.25) is 0 Å². The van der Waals surface area contributed by atoms with E-state index in [-0.39, 0.29) is 11.5 Å². The molecule has 0 radical (unpaired) electrons. The number of benzene rings is 1. The molecular formula is C22H32BrFN4O2. The maximum Gasteiger partial charge on any atom is 0.319 e. The maximum atomic E-state index is 14.8. The third kappa shape index (κ3) is 6.02. The van der Waals surface area contributed by atoms with Gasteiger partial charge < -0.3 is 19.6 Å². The Bertz CT molecular complexity index is 863. The number of anilines is 1. The largest absolute Gasteiger partial charge is 0.463 e. The van der Waals surface area contributed by atoms with Crippen LogP contribution in [0.1, 0.15) is 45.4 Å². The fraction of sp³-hybridized carbons (Fsp3) is 0.636. The van der Waals surface area contributed by atoms with Crippen molar-refractivity contribution in [3.8, 4) is 6.01 Å². The summed E-state index contributed by atoms with van der Waals surface area (Å²) in [4.78, 5) is 13.2. The SMILES string of the molecule is CN(C)CCCCCCOc1nc(N2CCC[C@@](C)(O)C2)c2ccc(Br)c(F)c2n1. The van der Waals surface area contributed by atoms with E-state index < -0.39 is 11.4 Å². The standard InChI is InChI=1S/C22H32BrFN4O2/c1-22(29)11-8-13-28(15-22)20-16-9-10-17(23)18(24)19(16)25-21(26-20)30-14-7-5-4-6-12-27(2)3/h9-10,29H,4-8,11-15H2,1-3H3/t22-/m1/s1. The van der Waals surface area contributed by atoms with Gasteiger partial charge in [0.2, 0.25) is 0 Å². The van der Waals surface area contributed by atoms with Crippen LogP contribution in [-0.4, -0.2) is 65.9 Å². The molecule has 1 N–H and O–H groups in total. The Morgan fingerprint density at radius 1 is 1.23 bits per heavy atom. The smallest absolute Gasteiger partial charge is 0.319 e. The minimum absolute atomic E-state index is 0.188. The van der Waals surface area contributed by atoms with E-state index in [1.165, 1.54) is 0 Å². The molecule has 0 spiro atoms. The van der Waals surface area contributed by atoms with Gasteiger partial charge in [-0.25, -0.2) is 4.39 Å². The zero-order valence-electron chi connectivity index (χ0n) is 18.1. The molecule has 3 rings (SSSR count). The fourth-order valence-corrected chi connectivity index (χ4v) is 4.17. The normalized spacial score (nSPS) is 19.6. The van der Waals surface area contributed by atoms with Crippen molar-refractivity contribution >= 4 is 32.7 Å². The molecule has 6 nitrogen and oxygen atoms in total. The summed E-state index contributed by atoms with van der Waals surface area (Å²) in [5.74, 6) is 0.195. The predicted molar refractivity (Wildman–Crippen MR) is 122 cm³/mol. The summed E-state index contributed by atoms with van der Waals surface area (Å²) in [6.45, 7) is 4.62. The Morgan fingerprint density at radius 3 is 2.73 bits per heavy atom. The molecule has 0 bridgehead atoms. The van der Waals surface area contributed by atoms with Crippen molar-refractivity contribution < 1.29 is 14.2 Å². The molecule has 1 fully saturated rings. The average Bonchev–Trinajstić information content (AvgIpc) is 2.68. The van der Waals surface area contributed by atoms with Gasteiger partial charge in [-0.05, 0) is 81.3 Å². The van der Waals surface area contributed by atoms with Crippen LogP contribution in [0.15, 0.2) is 16.6 Å². The molecule has 1 aromatic heterocycles. The minimum atomic E-state index is -0.795. The van der Waals surface area contributed by atoms with Crippen LogP contribution in [0.2, 0.25) is 0 Å². The second kappa shape index (κ2) is 10.2. The Hall–Kier alpha value is -1.51. The molecule has 0 aliphatic carbocycles. The Kier molecular flexibility index (Phi) is 7.87. The summed E-state index contributed by atoms with van der Waals surface area (Å²) in [6.07, 6.45) is 5.88. The van der Waals surface area contributed by atoms with Crippen molar-refractivity contribution in [2.75, 3.05) is 45.2 Å². The topological polar surface area (TPSA) is 61.7 Å². The first-order chi connectivity index (χ1) is 14.3. The van der Waals surface area contributed by atoms with Gasteiger partial charge in [0.25, 0.3) is 0 Å². The molecule has 0 unspecified atom stereocenters. The summed E-state index contributed by atoms with van der Waals surface area (Å²) in [5.41, 5.74) is -0.558. The number of hydrogen-bond donors (Lipinski definition) is 1. The number of nitrogens with zero attached hydrogens (tertiary/aromatic N) is 4. The zero-order chi connectivity index (χ0) is 21.7. The van der Waals surface area contributed by atoms with Crippen LogP contribution in [0, 0.1) is 5.82 Å². The first-order valence-electron chi connectivity index (χ1n) is 10.7. The molecule has 2 heterocycles. The van der Waals surface area contributed by atoms with E-state index in [2.05, 4.69) is 44.9 Å². The lowest BCUT2D eigenvalue weighted by Gasteiger charge is -2.37. The molecule has 2 aromatic rings. The Balaban J connectivity index is 1.75. The average molecular weight is 483 g/mol. The summed E-state index contributed by atoms with van der Waals surface area (Å²) in [7, 11) is 4.16. The first-order valence-corrected chi connectivity index (χ1v) is 11.5. The van der Waals surface area contributed by atoms with Gasteiger partial charge in [0.1, 0.15) is 11.3 Å². The van der Waals surface area contributed by atoms with Crippen molar-refractivity contribution in [3.63, 3.8) is 0 Å². The summed E-state index contributed by atoms with van der Waals surface area (Å²) in [5, 5.41) is 11.2. The quantitative estimate of drug-likeness (QED) is 0.535. The highest BCUT2D eigenvalue weighted by Gasteiger charge is 2.30. The highest BCUT2D eigenvalue weighted by molar-refractivity contribution is 9.10. The lowest BCUT2D eigenvalue weighted by Crippen LogP contribution is -2.46. The third-order valence-electron chi connectivity index (χ3n) is 5.42. The number of aliphatic hydroxyl groups is 1. The van der Waals surface area contributed by atoms with E-state index in [0.29, 0.717) is 28.8 Å². The van der Waals surface area contributed by atoms with Crippen LogP contribution in [-0.2, 0) is 0 Å². The monoisotopic (exact) mass is 482 g/mol. The van der Waals surface area contributed by atoms with Crippen LogP contribution in [0.4, 0.5) is 10.2 Å². The van der Waals surface area contributed by atoms with E-state index >= 15 is 0 Å². The third-order valence-corrected chi connectivity index (χ3v) is 6.04. The van der Waals surface area contributed by atoms with Crippen molar-refractivity contribution in [1.29, 1.82) is 0 Å². The number of piperidine rings is 1. The van der Waals surface area contributed by atoms with Crippen LogP contribution < -0.4 is 9.64 Å². The van der Waals surface area contributed by atoms with E-state index in [0.717, 1.165) is 51.6 Å². The second-order valence-electron chi connectivity index (χ2n) is 8.68. The van der Waals surface area contributed by atoms with Gasteiger partial charge in [0, 0.05) is 18.5 Å². The van der Waals surface area contributed by atoms with E-state index in [1.807, 2.05) is 17.9 Å². The molecule has 1 atom stereocenters. The Morgan fingerprint density at radius 2 is 2.00 bits per heavy atom. The summed E-state index contributed by atoms with van der Waals surface area (Å²) in [6, 6.07) is 3.67. The molecule has 0 saturated carbocycles. The fourth-order valence-electron chi connectivity index (χ4n) is 3.85. The first kappa shape index (κ1) is 23.2. The van der Waals surface area contributed by atoms with E-state index in [1.54, 1.807) is 6.07 Å². The van der Waals surface area contributed by atoms with Crippen LogP contribution in [0.3, 0.4) is 0 Å². The highest BCUT2D eigenvalue weighted by atomic mass is 79.9. The minimum Gasteiger partial charge on any atom is -0.463 e. The molecule has 30 heavy (non-hydrogen) atoms. The second-order valence-corrected chi connectivity index (χ2v) is 9.53. The maximum absolute atomic E-state index is 14.8. The molecule has 1 saturated heterocycles. The molecule has 166 valence electrons. The van der Waals surface area contributed by atoms with Gasteiger partial charge in [-0.15, -0.1) is 0 Å². The van der Waals surface area contributed by atoms with Crippen molar-refractivity contribution in [3.05, 3.63) is 22.4 Å². The van der Waals surface area contributed by atoms with E-state index in [4.69, 9.17) is 4.74 Å². The molecule has 8 heteroatoms. The predicted octanol–water partition coefficient (Wildman–Crippen LogP) is 4.38. The lowest BCUT2D eigenvalue weighted by molar-refractivity contribution is 0.0447.